The number of hydrogen-bond acceptors (Lipinski definition) is 9. The van der Waals surface area contributed by atoms with Crippen molar-refractivity contribution >= 4 is 16.9 Å². The second kappa shape index (κ2) is 8.86. The molecular formula is C22H22O9. The molecule has 1 heterocycles. The molecule has 0 fully saturated rings. The first-order valence-corrected chi connectivity index (χ1v) is 9.10. The summed E-state index contributed by atoms with van der Waals surface area (Å²) < 4.78 is 37.9. The van der Waals surface area contributed by atoms with Gasteiger partial charge in [0.05, 0.1) is 35.5 Å². The largest absolute Gasteiger partial charge is 0.493 e. The van der Waals surface area contributed by atoms with Crippen molar-refractivity contribution in [2.24, 2.45) is 0 Å². The first kappa shape index (κ1) is 21.8. The standard InChI is InChI=1S/C22H22O9/c1-11(23)30-21-17-15(10-16(27-4)20(21)28-5)31-19(22(29-6)18(17)24)12-7-8-13(25-2)14(9-12)26-3/h7-10H,1-6H3. The van der Waals surface area contributed by atoms with Crippen molar-refractivity contribution in [2.75, 3.05) is 35.5 Å². The molecule has 9 heteroatoms. The third-order valence-electron chi connectivity index (χ3n) is 4.54. The van der Waals surface area contributed by atoms with E-state index in [9.17, 15) is 9.59 Å². The third kappa shape index (κ3) is 3.81. The molecule has 9 nitrogen and oxygen atoms in total. The van der Waals surface area contributed by atoms with E-state index < -0.39 is 11.4 Å². The maximum atomic E-state index is 13.4. The second-order valence-corrected chi connectivity index (χ2v) is 6.27. The number of carbonyl (C=O) groups is 1. The Hall–Kier alpha value is -3.88. The van der Waals surface area contributed by atoms with E-state index in [0.717, 1.165) is 0 Å². The minimum atomic E-state index is -0.643. The first-order chi connectivity index (χ1) is 14.9. The molecule has 0 unspecified atom stereocenters. The third-order valence-corrected chi connectivity index (χ3v) is 4.54. The Bertz CT molecular complexity index is 1190. The van der Waals surface area contributed by atoms with Gasteiger partial charge in [0.25, 0.3) is 0 Å². The number of carbonyl (C=O) groups excluding carboxylic acids is 1. The number of esters is 1. The van der Waals surface area contributed by atoms with E-state index >= 15 is 0 Å². The van der Waals surface area contributed by atoms with Gasteiger partial charge in [-0.25, -0.2) is 0 Å². The van der Waals surface area contributed by atoms with Crippen molar-refractivity contribution in [1.29, 1.82) is 0 Å². The van der Waals surface area contributed by atoms with Gasteiger partial charge in [-0.2, -0.15) is 0 Å². The van der Waals surface area contributed by atoms with Crippen LogP contribution < -0.4 is 33.8 Å². The average Bonchev–Trinajstić information content (AvgIpc) is 2.77. The van der Waals surface area contributed by atoms with Gasteiger partial charge in [-0.1, -0.05) is 0 Å². The SMILES string of the molecule is COc1ccc(-c2oc3cc(OC)c(OC)c(OC(C)=O)c3c(=O)c2OC)cc1OC. The maximum absolute atomic E-state index is 13.4. The topological polar surface area (TPSA) is 103 Å². The van der Waals surface area contributed by atoms with Crippen LogP contribution >= 0.6 is 0 Å². The monoisotopic (exact) mass is 430 g/mol. The van der Waals surface area contributed by atoms with Crippen LogP contribution in [0.1, 0.15) is 6.92 Å². The Balaban J connectivity index is 2.41. The number of rotatable bonds is 7. The molecule has 0 aliphatic heterocycles. The van der Waals surface area contributed by atoms with Gasteiger partial charge in [-0.05, 0) is 18.2 Å². The van der Waals surface area contributed by atoms with Gasteiger partial charge in [-0.3, -0.25) is 9.59 Å². The summed E-state index contributed by atoms with van der Waals surface area (Å²) in [5.41, 5.74) is 0.0764. The summed E-state index contributed by atoms with van der Waals surface area (Å²) in [6.45, 7) is 1.21. The Kier molecular flexibility index (Phi) is 6.24. The molecule has 31 heavy (non-hydrogen) atoms. The molecule has 0 saturated heterocycles. The minimum Gasteiger partial charge on any atom is -0.493 e. The van der Waals surface area contributed by atoms with Crippen LogP contribution in [0.25, 0.3) is 22.3 Å². The molecule has 164 valence electrons. The van der Waals surface area contributed by atoms with E-state index in [1.54, 1.807) is 18.2 Å². The van der Waals surface area contributed by atoms with Gasteiger partial charge >= 0.3 is 5.97 Å². The Morgan fingerprint density at radius 3 is 1.97 bits per heavy atom. The molecule has 0 bridgehead atoms. The summed E-state index contributed by atoms with van der Waals surface area (Å²) in [6, 6.07) is 6.50. The number of ether oxygens (including phenoxy) is 6. The highest BCUT2D eigenvalue weighted by Gasteiger charge is 2.26. The molecule has 0 saturated carbocycles. The average molecular weight is 430 g/mol. The van der Waals surface area contributed by atoms with E-state index in [4.69, 9.17) is 32.8 Å². The summed E-state index contributed by atoms with van der Waals surface area (Å²) in [5, 5.41) is -0.0195. The second-order valence-electron chi connectivity index (χ2n) is 6.27. The fourth-order valence-corrected chi connectivity index (χ4v) is 3.20. The van der Waals surface area contributed by atoms with Crippen LogP contribution in [0, 0.1) is 0 Å². The van der Waals surface area contributed by atoms with Crippen molar-refractivity contribution in [1.82, 2.24) is 0 Å². The number of methoxy groups -OCH3 is 5. The molecule has 0 atom stereocenters. The van der Waals surface area contributed by atoms with Gasteiger partial charge in [0.15, 0.2) is 28.8 Å². The van der Waals surface area contributed by atoms with Crippen LogP contribution in [-0.4, -0.2) is 41.5 Å². The lowest BCUT2D eigenvalue weighted by atomic mass is 10.1. The molecule has 1 aromatic heterocycles. The van der Waals surface area contributed by atoms with E-state index in [0.29, 0.717) is 17.1 Å². The van der Waals surface area contributed by atoms with E-state index in [-0.39, 0.29) is 39.7 Å². The van der Waals surface area contributed by atoms with E-state index in [1.165, 1.54) is 48.5 Å². The zero-order valence-corrected chi connectivity index (χ0v) is 18.0. The smallest absolute Gasteiger partial charge is 0.308 e. The van der Waals surface area contributed by atoms with Gasteiger partial charge in [0.1, 0.15) is 11.0 Å². The van der Waals surface area contributed by atoms with Crippen molar-refractivity contribution in [3.8, 4) is 45.8 Å². The molecule has 0 N–H and O–H groups in total. The predicted molar refractivity (Wildman–Crippen MR) is 112 cm³/mol. The van der Waals surface area contributed by atoms with Crippen LogP contribution in [0.2, 0.25) is 0 Å². The molecular weight excluding hydrogens is 408 g/mol. The van der Waals surface area contributed by atoms with Crippen LogP contribution in [0.15, 0.2) is 33.5 Å². The predicted octanol–water partition coefficient (Wildman–Crippen LogP) is 3.43. The fraction of sp³-hybridized carbons (Fsp3) is 0.273. The highest BCUT2D eigenvalue weighted by molar-refractivity contribution is 5.93. The lowest BCUT2D eigenvalue weighted by Crippen LogP contribution is -2.12. The minimum absolute atomic E-state index is 0.0195. The Labute approximate surface area is 178 Å². The summed E-state index contributed by atoms with van der Waals surface area (Å²) in [7, 11) is 7.14. The van der Waals surface area contributed by atoms with Crippen LogP contribution in [0.5, 0.6) is 34.5 Å². The van der Waals surface area contributed by atoms with E-state index in [1.807, 2.05) is 0 Å². The van der Waals surface area contributed by atoms with Crippen LogP contribution in [0.4, 0.5) is 0 Å². The summed E-state index contributed by atoms with van der Waals surface area (Å²) in [6.07, 6.45) is 0. The lowest BCUT2D eigenvalue weighted by molar-refractivity contribution is -0.131. The molecule has 0 spiro atoms. The summed E-state index contributed by atoms with van der Waals surface area (Å²) >= 11 is 0. The zero-order chi connectivity index (χ0) is 22.7. The van der Waals surface area contributed by atoms with Gasteiger partial charge < -0.3 is 32.8 Å². The molecule has 0 aliphatic rings. The zero-order valence-electron chi connectivity index (χ0n) is 18.0. The normalized spacial score (nSPS) is 10.5. The molecule has 0 amide bonds. The number of hydrogen-bond donors (Lipinski definition) is 0. The first-order valence-electron chi connectivity index (χ1n) is 9.10. The van der Waals surface area contributed by atoms with Gasteiger partial charge in [0, 0.05) is 18.6 Å². The fourth-order valence-electron chi connectivity index (χ4n) is 3.20. The van der Waals surface area contributed by atoms with Gasteiger partial charge in [-0.15, -0.1) is 0 Å². The molecule has 3 aromatic rings. The van der Waals surface area contributed by atoms with Gasteiger partial charge in [0.2, 0.25) is 16.9 Å². The highest BCUT2D eigenvalue weighted by Crippen LogP contribution is 2.45. The van der Waals surface area contributed by atoms with E-state index in [2.05, 4.69) is 0 Å². The van der Waals surface area contributed by atoms with Crippen LogP contribution in [0.3, 0.4) is 0 Å². The Morgan fingerprint density at radius 1 is 0.774 bits per heavy atom. The molecule has 0 radical (unpaired) electrons. The molecule has 2 aromatic carbocycles. The molecule has 3 rings (SSSR count). The summed E-state index contributed by atoms with van der Waals surface area (Å²) in [4.78, 5) is 25.1. The highest BCUT2D eigenvalue weighted by atomic mass is 16.6. The van der Waals surface area contributed by atoms with Crippen molar-refractivity contribution in [3.63, 3.8) is 0 Å². The van der Waals surface area contributed by atoms with Crippen LogP contribution in [-0.2, 0) is 4.79 Å². The lowest BCUT2D eigenvalue weighted by Gasteiger charge is -2.16. The summed E-state index contributed by atoms with van der Waals surface area (Å²) in [5.74, 6) is 0.568. The Morgan fingerprint density at radius 2 is 1.42 bits per heavy atom. The maximum Gasteiger partial charge on any atom is 0.308 e. The number of fused-ring (bicyclic) bond motifs is 1. The molecule has 0 aliphatic carbocycles. The van der Waals surface area contributed by atoms with Crippen molar-refractivity contribution in [3.05, 3.63) is 34.5 Å². The van der Waals surface area contributed by atoms with Crippen molar-refractivity contribution in [2.45, 2.75) is 6.92 Å². The number of benzene rings is 2. The van der Waals surface area contributed by atoms with Crippen molar-refractivity contribution < 1.29 is 37.6 Å². The quantitative estimate of drug-likeness (QED) is 0.412.